The van der Waals surface area contributed by atoms with Gasteiger partial charge >= 0.3 is 0 Å². The molecule has 2 aromatic rings. The van der Waals surface area contributed by atoms with Gasteiger partial charge in [0.05, 0.1) is 18.6 Å². The van der Waals surface area contributed by atoms with Gasteiger partial charge in [0.2, 0.25) is 5.91 Å². The summed E-state index contributed by atoms with van der Waals surface area (Å²) in [5, 5.41) is 2.71. The van der Waals surface area contributed by atoms with Crippen molar-refractivity contribution in [2.24, 2.45) is 0 Å². The fourth-order valence-corrected chi connectivity index (χ4v) is 3.40. The van der Waals surface area contributed by atoms with Crippen LogP contribution in [0.4, 0.5) is 5.69 Å². The molecule has 2 amide bonds. The van der Waals surface area contributed by atoms with E-state index in [9.17, 15) is 18.0 Å². The van der Waals surface area contributed by atoms with Gasteiger partial charge in [0.15, 0.2) is 0 Å². The Hall–Kier alpha value is -2.75. The number of hydrogen-bond acceptors (Lipinski definition) is 5. The highest BCUT2D eigenvalue weighted by molar-refractivity contribution is 7.89. The van der Waals surface area contributed by atoms with E-state index in [0.717, 1.165) is 5.56 Å². The number of sulfonamides is 1. The number of carbonyl (C=O) groups is 2. The van der Waals surface area contributed by atoms with E-state index in [-0.39, 0.29) is 22.9 Å². The number of nitrogens with one attached hydrogen (secondary N) is 1. The number of rotatable bonds is 7. The lowest BCUT2D eigenvalue weighted by Crippen LogP contribution is -2.35. The largest absolute Gasteiger partial charge is 0.332 e. The van der Waals surface area contributed by atoms with Crippen molar-refractivity contribution in [2.45, 2.75) is 11.8 Å². The van der Waals surface area contributed by atoms with Crippen LogP contribution in [0.25, 0.3) is 0 Å². The van der Waals surface area contributed by atoms with Crippen molar-refractivity contribution < 1.29 is 22.8 Å². The highest BCUT2D eigenvalue weighted by Crippen LogP contribution is 2.17. The lowest BCUT2D eigenvalue weighted by atomic mass is 10.2. The number of nitrogens with zero attached hydrogens (tertiary/aromatic N) is 2. The minimum atomic E-state index is -3.88. The van der Waals surface area contributed by atoms with Gasteiger partial charge < -0.3 is 10.2 Å². The van der Waals surface area contributed by atoms with Crippen LogP contribution in [0.2, 0.25) is 0 Å². The highest BCUT2D eigenvalue weighted by atomic mass is 32.2. The summed E-state index contributed by atoms with van der Waals surface area (Å²) >= 11 is 0. The summed E-state index contributed by atoms with van der Waals surface area (Å²) in [6.07, 6.45) is 0. The molecule has 2 aromatic carbocycles. The Morgan fingerprint density at radius 1 is 1.07 bits per heavy atom. The maximum Gasteiger partial charge on any atom is 0.264 e. The van der Waals surface area contributed by atoms with Crippen molar-refractivity contribution >= 4 is 27.5 Å². The molecule has 2 rings (SSSR count). The zero-order chi connectivity index (χ0) is 20.9. The Kier molecular flexibility index (Phi) is 6.90. The molecule has 0 heterocycles. The average molecular weight is 405 g/mol. The number of amides is 2. The average Bonchev–Trinajstić information content (AvgIpc) is 2.68. The molecule has 0 spiro atoms. The molecule has 0 radical (unpaired) electrons. The first kappa shape index (κ1) is 21.5. The lowest BCUT2D eigenvalue weighted by molar-refractivity contribution is -0.116. The maximum atomic E-state index is 12.6. The minimum Gasteiger partial charge on any atom is -0.332 e. The van der Waals surface area contributed by atoms with Gasteiger partial charge in [-0.3, -0.25) is 14.4 Å². The Balaban J connectivity index is 2.09. The van der Waals surface area contributed by atoms with Crippen LogP contribution < -0.4 is 5.32 Å². The Morgan fingerprint density at radius 2 is 1.71 bits per heavy atom. The molecule has 0 saturated carbocycles. The van der Waals surface area contributed by atoms with Crippen molar-refractivity contribution in [3.8, 4) is 0 Å². The number of aryl methyl sites for hydroxylation is 1. The predicted octanol–water partition coefficient (Wildman–Crippen LogP) is 1.89. The molecule has 28 heavy (non-hydrogen) atoms. The van der Waals surface area contributed by atoms with E-state index in [1.807, 2.05) is 19.1 Å². The number of likely N-dealkylation sites (N-methyl/N-ethyl adjacent to an activating group) is 1. The monoisotopic (exact) mass is 405 g/mol. The first-order valence-electron chi connectivity index (χ1n) is 8.40. The van der Waals surface area contributed by atoms with E-state index in [2.05, 4.69) is 5.32 Å². The first-order valence-corrected chi connectivity index (χ1v) is 9.84. The number of hydroxylamine groups is 1. The SMILES string of the molecule is CON(C)S(=O)(=O)c1cccc(C(=O)N(C)CC(=O)Nc2ccc(C)cc2)c1. The Labute approximate surface area is 164 Å². The van der Waals surface area contributed by atoms with Crippen LogP contribution in [0.5, 0.6) is 0 Å². The Bertz CT molecular complexity index is 958. The summed E-state index contributed by atoms with van der Waals surface area (Å²) in [5.74, 6) is -0.834. The molecule has 0 aliphatic heterocycles. The third kappa shape index (κ3) is 5.16. The summed E-state index contributed by atoms with van der Waals surface area (Å²) in [6.45, 7) is 1.76. The van der Waals surface area contributed by atoms with Crippen LogP contribution in [0, 0.1) is 6.92 Å². The zero-order valence-electron chi connectivity index (χ0n) is 16.2. The summed E-state index contributed by atoms with van der Waals surface area (Å²) in [5.41, 5.74) is 1.85. The molecule has 1 N–H and O–H groups in total. The summed E-state index contributed by atoms with van der Waals surface area (Å²) in [6, 6.07) is 12.9. The summed E-state index contributed by atoms with van der Waals surface area (Å²) in [4.78, 5) is 30.6. The molecule has 0 aliphatic carbocycles. The van der Waals surface area contributed by atoms with Gasteiger partial charge in [0, 0.05) is 25.3 Å². The van der Waals surface area contributed by atoms with E-state index >= 15 is 0 Å². The van der Waals surface area contributed by atoms with E-state index in [4.69, 9.17) is 4.84 Å². The standard InChI is InChI=1S/C19H23N3O5S/c1-14-8-10-16(11-9-14)20-18(23)13-21(2)19(24)15-6-5-7-17(12-15)28(25,26)22(3)27-4/h5-12H,13H2,1-4H3,(H,20,23). The number of carbonyl (C=O) groups excluding carboxylic acids is 2. The normalized spacial score (nSPS) is 11.3. The molecule has 0 atom stereocenters. The number of benzene rings is 2. The molecule has 150 valence electrons. The lowest BCUT2D eigenvalue weighted by Gasteiger charge is -2.18. The van der Waals surface area contributed by atoms with E-state index in [0.29, 0.717) is 10.2 Å². The smallest absolute Gasteiger partial charge is 0.264 e. The number of anilines is 1. The topological polar surface area (TPSA) is 96.0 Å². The quantitative estimate of drug-likeness (QED) is 0.710. The molecule has 0 unspecified atom stereocenters. The van der Waals surface area contributed by atoms with Crippen LogP contribution in [-0.4, -0.2) is 57.4 Å². The fourth-order valence-electron chi connectivity index (χ4n) is 2.38. The van der Waals surface area contributed by atoms with E-state index in [1.54, 1.807) is 12.1 Å². The second kappa shape index (κ2) is 8.96. The fraction of sp³-hybridized carbons (Fsp3) is 0.263. The molecule has 8 nitrogen and oxygen atoms in total. The Morgan fingerprint density at radius 3 is 2.32 bits per heavy atom. The van der Waals surface area contributed by atoms with Crippen molar-refractivity contribution in [3.05, 3.63) is 59.7 Å². The first-order chi connectivity index (χ1) is 13.1. The summed E-state index contributed by atoms with van der Waals surface area (Å²) in [7, 11) is 0.0792. The second-order valence-electron chi connectivity index (χ2n) is 6.20. The molecule has 9 heteroatoms. The minimum absolute atomic E-state index is 0.0831. The van der Waals surface area contributed by atoms with Crippen LogP contribution >= 0.6 is 0 Å². The van der Waals surface area contributed by atoms with Gasteiger partial charge in [-0.15, -0.1) is 0 Å². The zero-order valence-corrected chi connectivity index (χ0v) is 17.0. The van der Waals surface area contributed by atoms with Crippen LogP contribution in [-0.2, 0) is 19.7 Å². The van der Waals surface area contributed by atoms with Gasteiger partial charge in [0.1, 0.15) is 0 Å². The van der Waals surface area contributed by atoms with Crippen molar-refractivity contribution in [1.29, 1.82) is 0 Å². The summed E-state index contributed by atoms with van der Waals surface area (Å²) < 4.78 is 25.4. The third-order valence-electron chi connectivity index (χ3n) is 4.04. The van der Waals surface area contributed by atoms with Crippen LogP contribution in [0.15, 0.2) is 53.4 Å². The van der Waals surface area contributed by atoms with Crippen molar-refractivity contribution in [3.63, 3.8) is 0 Å². The van der Waals surface area contributed by atoms with Gasteiger partial charge in [-0.05, 0) is 37.3 Å². The number of hydrogen-bond donors (Lipinski definition) is 1. The van der Waals surface area contributed by atoms with Crippen LogP contribution in [0.3, 0.4) is 0 Å². The van der Waals surface area contributed by atoms with Crippen molar-refractivity contribution in [2.75, 3.05) is 33.1 Å². The van der Waals surface area contributed by atoms with Gasteiger partial charge in [-0.25, -0.2) is 8.42 Å². The highest BCUT2D eigenvalue weighted by Gasteiger charge is 2.23. The van der Waals surface area contributed by atoms with Gasteiger partial charge in [-0.2, -0.15) is 0 Å². The molecular formula is C19H23N3O5S. The van der Waals surface area contributed by atoms with E-state index in [1.165, 1.54) is 50.4 Å². The van der Waals surface area contributed by atoms with Gasteiger partial charge in [-0.1, -0.05) is 28.2 Å². The van der Waals surface area contributed by atoms with Gasteiger partial charge in [0.25, 0.3) is 15.9 Å². The molecule has 0 saturated heterocycles. The third-order valence-corrected chi connectivity index (χ3v) is 5.71. The molecule has 0 aliphatic rings. The molecule has 0 fully saturated rings. The van der Waals surface area contributed by atoms with E-state index < -0.39 is 15.9 Å². The second-order valence-corrected chi connectivity index (χ2v) is 8.14. The predicted molar refractivity (Wildman–Crippen MR) is 105 cm³/mol. The van der Waals surface area contributed by atoms with Crippen LogP contribution in [0.1, 0.15) is 15.9 Å². The maximum absolute atomic E-state index is 12.6. The molecule has 0 bridgehead atoms. The molecule has 0 aromatic heterocycles. The molecular weight excluding hydrogens is 382 g/mol. The van der Waals surface area contributed by atoms with Crippen molar-refractivity contribution in [1.82, 2.24) is 9.37 Å².